The molecule has 148 valence electrons. The van der Waals surface area contributed by atoms with Gasteiger partial charge in [-0.05, 0) is 44.4 Å². The van der Waals surface area contributed by atoms with Crippen molar-refractivity contribution in [3.63, 3.8) is 0 Å². The fourth-order valence-corrected chi connectivity index (χ4v) is 3.67. The summed E-state index contributed by atoms with van der Waals surface area (Å²) in [5, 5.41) is 2.89. The number of ether oxygens (including phenoxy) is 2. The first-order valence-corrected chi connectivity index (χ1v) is 9.63. The first kappa shape index (κ1) is 19.8. The van der Waals surface area contributed by atoms with Crippen molar-refractivity contribution < 1.29 is 19.1 Å². The quantitative estimate of drug-likeness (QED) is 0.803. The maximum atomic E-state index is 12.7. The maximum Gasteiger partial charge on any atom is 0.254 e. The zero-order valence-corrected chi connectivity index (χ0v) is 16.0. The highest BCUT2D eigenvalue weighted by atomic mass is 16.5. The predicted molar refractivity (Wildman–Crippen MR) is 101 cm³/mol. The summed E-state index contributed by atoms with van der Waals surface area (Å²) in [4.78, 5) is 26.7. The Bertz CT molecular complexity index is 654. The van der Waals surface area contributed by atoms with Crippen molar-refractivity contribution in [1.82, 2.24) is 10.2 Å². The molecule has 2 aliphatic heterocycles. The second kappa shape index (κ2) is 8.82. The van der Waals surface area contributed by atoms with Gasteiger partial charge < -0.3 is 25.4 Å². The van der Waals surface area contributed by atoms with Crippen molar-refractivity contribution in [3.8, 4) is 0 Å². The normalized spacial score (nSPS) is 28.2. The van der Waals surface area contributed by atoms with Gasteiger partial charge in [0.25, 0.3) is 5.91 Å². The zero-order valence-electron chi connectivity index (χ0n) is 16.0. The molecule has 0 saturated carbocycles. The van der Waals surface area contributed by atoms with E-state index in [1.165, 1.54) is 0 Å². The fraction of sp³-hybridized carbons (Fsp3) is 0.600. The maximum absolute atomic E-state index is 12.7. The second-order valence-corrected chi connectivity index (χ2v) is 7.44. The number of nitrogens with two attached hydrogens (primary N) is 1. The average Bonchev–Trinajstić information content (AvgIpc) is 3.14. The standard InChI is InChI=1S/C20H29N3O4/c1-13-11-23(12-14(2)26-13)20(25)16-5-3-15(4-6-16)10-22-19(24)18-8-7-17(9-21)27-18/h3-6,13-14,17-18H,7-12,21H2,1-2H3,(H,22,24)/t13?,14?,17-,18+/m1/s1. The van der Waals surface area contributed by atoms with E-state index in [9.17, 15) is 9.59 Å². The van der Waals surface area contributed by atoms with E-state index in [0.717, 1.165) is 12.0 Å². The van der Waals surface area contributed by atoms with Gasteiger partial charge in [0.2, 0.25) is 5.91 Å². The van der Waals surface area contributed by atoms with Gasteiger partial charge in [-0.15, -0.1) is 0 Å². The number of carbonyl (C=O) groups is 2. The Balaban J connectivity index is 1.51. The molecule has 3 rings (SSSR count). The molecule has 1 aromatic carbocycles. The highest BCUT2D eigenvalue weighted by Gasteiger charge is 2.29. The Kier molecular flexibility index (Phi) is 6.46. The Morgan fingerprint density at radius 1 is 1.11 bits per heavy atom. The highest BCUT2D eigenvalue weighted by Crippen LogP contribution is 2.19. The molecule has 2 fully saturated rings. The molecule has 0 aliphatic carbocycles. The summed E-state index contributed by atoms with van der Waals surface area (Å²) in [6.07, 6.45) is 1.19. The first-order valence-electron chi connectivity index (χ1n) is 9.63. The second-order valence-electron chi connectivity index (χ2n) is 7.44. The molecule has 0 spiro atoms. The van der Waals surface area contributed by atoms with Crippen molar-refractivity contribution in [2.75, 3.05) is 19.6 Å². The number of hydrogen-bond donors (Lipinski definition) is 2. The van der Waals surface area contributed by atoms with Crippen LogP contribution in [0.4, 0.5) is 0 Å². The summed E-state index contributed by atoms with van der Waals surface area (Å²) in [7, 11) is 0. The third kappa shape index (κ3) is 5.06. The van der Waals surface area contributed by atoms with Crippen LogP contribution in [0, 0.1) is 0 Å². The summed E-state index contributed by atoms with van der Waals surface area (Å²) < 4.78 is 11.3. The highest BCUT2D eigenvalue weighted by molar-refractivity contribution is 5.94. The van der Waals surface area contributed by atoms with Crippen LogP contribution in [0.15, 0.2) is 24.3 Å². The van der Waals surface area contributed by atoms with E-state index in [-0.39, 0.29) is 30.1 Å². The summed E-state index contributed by atoms with van der Waals surface area (Å²) in [5.74, 6) is -0.0952. The fourth-order valence-electron chi connectivity index (χ4n) is 3.67. The molecule has 2 saturated heterocycles. The number of hydrogen-bond acceptors (Lipinski definition) is 5. The monoisotopic (exact) mass is 375 g/mol. The number of benzene rings is 1. The van der Waals surface area contributed by atoms with Gasteiger partial charge in [-0.3, -0.25) is 9.59 Å². The minimum atomic E-state index is -0.412. The van der Waals surface area contributed by atoms with Crippen molar-refractivity contribution in [2.24, 2.45) is 5.73 Å². The minimum Gasteiger partial charge on any atom is -0.372 e. The Morgan fingerprint density at radius 3 is 2.37 bits per heavy atom. The molecule has 7 heteroatoms. The number of rotatable bonds is 5. The number of amides is 2. The molecule has 2 unspecified atom stereocenters. The topological polar surface area (TPSA) is 93.9 Å². The largest absolute Gasteiger partial charge is 0.372 e. The van der Waals surface area contributed by atoms with E-state index >= 15 is 0 Å². The van der Waals surface area contributed by atoms with E-state index in [1.807, 2.05) is 43.0 Å². The van der Waals surface area contributed by atoms with Crippen molar-refractivity contribution in [1.29, 1.82) is 0 Å². The van der Waals surface area contributed by atoms with Crippen molar-refractivity contribution in [2.45, 2.75) is 57.6 Å². The van der Waals surface area contributed by atoms with Crippen molar-refractivity contribution in [3.05, 3.63) is 35.4 Å². The van der Waals surface area contributed by atoms with Crippen LogP contribution in [0.3, 0.4) is 0 Å². The SMILES string of the molecule is CC1CN(C(=O)c2ccc(CNC(=O)[C@@H]3CC[C@H](CN)O3)cc2)CC(C)O1. The van der Waals surface area contributed by atoms with Gasteiger partial charge in [-0.25, -0.2) is 0 Å². The molecule has 2 heterocycles. The van der Waals surface area contributed by atoms with Crippen LogP contribution in [0.25, 0.3) is 0 Å². The Hall–Kier alpha value is -1.96. The number of nitrogens with one attached hydrogen (secondary N) is 1. The summed E-state index contributed by atoms with van der Waals surface area (Å²) in [6, 6.07) is 7.37. The molecular weight excluding hydrogens is 346 g/mol. The molecule has 0 radical (unpaired) electrons. The van der Waals surface area contributed by atoms with E-state index in [0.29, 0.717) is 38.2 Å². The number of carbonyl (C=O) groups excluding carboxylic acids is 2. The smallest absolute Gasteiger partial charge is 0.254 e. The molecule has 0 aromatic heterocycles. The van der Waals surface area contributed by atoms with Crippen LogP contribution >= 0.6 is 0 Å². The first-order chi connectivity index (χ1) is 13.0. The van der Waals surface area contributed by atoms with E-state index in [4.69, 9.17) is 15.2 Å². The van der Waals surface area contributed by atoms with Crippen molar-refractivity contribution >= 4 is 11.8 Å². The van der Waals surface area contributed by atoms with Crippen LogP contribution in [-0.4, -0.2) is 60.8 Å². The van der Waals surface area contributed by atoms with Gasteiger partial charge >= 0.3 is 0 Å². The van der Waals surface area contributed by atoms with Gasteiger partial charge in [0.15, 0.2) is 0 Å². The molecule has 27 heavy (non-hydrogen) atoms. The third-order valence-corrected chi connectivity index (χ3v) is 5.04. The lowest BCUT2D eigenvalue weighted by Gasteiger charge is -2.35. The van der Waals surface area contributed by atoms with Crippen LogP contribution in [0.1, 0.15) is 42.6 Å². The molecule has 3 N–H and O–H groups in total. The summed E-state index contributed by atoms with van der Waals surface area (Å²) in [5.41, 5.74) is 7.17. The summed E-state index contributed by atoms with van der Waals surface area (Å²) >= 11 is 0. The Labute approximate surface area is 160 Å². The van der Waals surface area contributed by atoms with Crippen LogP contribution in [0.2, 0.25) is 0 Å². The molecule has 0 bridgehead atoms. The Morgan fingerprint density at radius 2 is 1.78 bits per heavy atom. The van der Waals surface area contributed by atoms with E-state index < -0.39 is 6.10 Å². The van der Waals surface area contributed by atoms with Crippen LogP contribution in [0.5, 0.6) is 0 Å². The van der Waals surface area contributed by atoms with Gasteiger partial charge in [0, 0.05) is 31.7 Å². The molecular formula is C20H29N3O4. The zero-order chi connectivity index (χ0) is 19.4. The lowest BCUT2D eigenvalue weighted by molar-refractivity contribution is -0.132. The third-order valence-electron chi connectivity index (χ3n) is 5.04. The predicted octanol–water partition coefficient (Wildman–Crippen LogP) is 1.06. The molecule has 2 aliphatic rings. The average molecular weight is 375 g/mol. The molecule has 1 aromatic rings. The molecule has 2 amide bonds. The van der Waals surface area contributed by atoms with Crippen LogP contribution < -0.4 is 11.1 Å². The summed E-state index contributed by atoms with van der Waals surface area (Å²) in [6.45, 7) is 6.02. The lowest BCUT2D eigenvalue weighted by atomic mass is 10.1. The van der Waals surface area contributed by atoms with Gasteiger partial charge in [0.05, 0.1) is 18.3 Å². The lowest BCUT2D eigenvalue weighted by Crippen LogP contribution is -2.48. The number of morpholine rings is 1. The van der Waals surface area contributed by atoms with E-state index in [1.54, 1.807) is 0 Å². The molecule has 7 nitrogen and oxygen atoms in total. The van der Waals surface area contributed by atoms with Crippen LogP contribution in [-0.2, 0) is 20.8 Å². The number of nitrogens with zero attached hydrogens (tertiary/aromatic N) is 1. The van der Waals surface area contributed by atoms with Gasteiger partial charge in [-0.2, -0.15) is 0 Å². The minimum absolute atomic E-state index is 0.0137. The molecule has 4 atom stereocenters. The van der Waals surface area contributed by atoms with Gasteiger partial charge in [0.1, 0.15) is 6.10 Å². The van der Waals surface area contributed by atoms with E-state index in [2.05, 4.69) is 5.32 Å². The van der Waals surface area contributed by atoms with Gasteiger partial charge in [-0.1, -0.05) is 12.1 Å².